The zero-order chi connectivity index (χ0) is 13.2. The maximum absolute atomic E-state index is 4.34. The maximum atomic E-state index is 4.34. The molecule has 0 radical (unpaired) electrons. The summed E-state index contributed by atoms with van der Waals surface area (Å²) in [7, 11) is 2.16. The van der Waals surface area contributed by atoms with Crippen molar-refractivity contribution in [2.45, 2.75) is 6.42 Å². The van der Waals surface area contributed by atoms with E-state index in [9.17, 15) is 0 Å². The molecule has 0 N–H and O–H groups in total. The molecule has 0 aliphatic carbocycles. The third-order valence-electron chi connectivity index (χ3n) is 3.91. The number of fused-ring (bicyclic) bond motifs is 1. The molecular weight excluding hydrogens is 266 g/mol. The van der Waals surface area contributed by atoms with Gasteiger partial charge in [-0.3, -0.25) is 0 Å². The Kier molecular flexibility index (Phi) is 4.64. The highest BCUT2D eigenvalue weighted by Crippen LogP contribution is 2.31. The first-order valence-corrected chi connectivity index (χ1v) is 6.81. The third kappa shape index (κ3) is 2.79. The molecule has 0 saturated heterocycles. The van der Waals surface area contributed by atoms with E-state index in [1.165, 1.54) is 27.5 Å². The van der Waals surface area contributed by atoms with E-state index in [1.54, 1.807) is 0 Å². The number of benzene rings is 2. The zero-order valence-corrected chi connectivity index (χ0v) is 12.6. The summed E-state index contributed by atoms with van der Waals surface area (Å²) >= 11 is 0. The molecule has 1 aliphatic rings. The van der Waals surface area contributed by atoms with Crippen molar-refractivity contribution in [1.82, 2.24) is 4.90 Å². The number of halogens is 1. The molecule has 1 aliphatic heterocycles. The topological polar surface area (TPSA) is 3.24 Å². The van der Waals surface area contributed by atoms with Gasteiger partial charge in [0, 0.05) is 13.1 Å². The number of likely N-dealkylation sites (N-methyl/N-ethyl adjacent to an activating group) is 1. The normalized spacial score (nSPS) is 15.6. The van der Waals surface area contributed by atoms with Crippen LogP contribution in [-0.4, -0.2) is 25.0 Å². The van der Waals surface area contributed by atoms with Crippen molar-refractivity contribution in [1.29, 1.82) is 0 Å². The standard InChI is InChI=1S/C18H19N.ClH/c1-14(15-10-12-19(2)13-11-15)17-9-5-7-16-6-3-4-8-18(16)17;/h3-10H,1,11-13H2,2H3;1H. The van der Waals surface area contributed by atoms with E-state index < -0.39 is 0 Å². The molecule has 104 valence electrons. The Hall–Kier alpha value is -1.57. The number of nitrogens with zero attached hydrogens (tertiary/aromatic N) is 1. The van der Waals surface area contributed by atoms with Crippen LogP contribution in [0.2, 0.25) is 0 Å². The summed E-state index contributed by atoms with van der Waals surface area (Å²) in [5.74, 6) is 0. The first-order chi connectivity index (χ1) is 9.25. The van der Waals surface area contributed by atoms with Crippen molar-refractivity contribution in [2.75, 3.05) is 20.1 Å². The fraction of sp³-hybridized carbons (Fsp3) is 0.222. The van der Waals surface area contributed by atoms with E-state index in [4.69, 9.17) is 0 Å². The molecule has 0 aromatic heterocycles. The molecule has 3 rings (SSSR count). The largest absolute Gasteiger partial charge is 0.302 e. The van der Waals surface area contributed by atoms with Gasteiger partial charge in [-0.2, -0.15) is 0 Å². The summed E-state index contributed by atoms with van der Waals surface area (Å²) in [6, 6.07) is 15.0. The summed E-state index contributed by atoms with van der Waals surface area (Å²) in [6.07, 6.45) is 3.41. The number of hydrogen-bond acceptors (Lipinski definition) is 1. The minimum absolute atomic E-state index is 0. The Bertz CT molecular complexity index is 652. The molecule has 0 saturated carbocycles. The van der Waals surface area contributed by atoms with Crippen molar-refractivity contribution < 1.29 is 0 Å². The van der Waals surface area contributed by atoms with Crippen LogP contribution in [-0.2, 0) is 0 Å². The minimum Gasteiger partial charge on any atom is -0.302 e. The van der Waals surface area contributed by atoms with E-state index in [0.29, 0.717) is 0 Å². The van der Waals surface area contributed by atoms with Crippen molar-refractivity contribution in [3.05, 3.63) is 66.3 Å². The second kappa shape index (κ2) is 6.25. The van der Waals surface area contributed by atoms with E-state index in [1.807, 2.05) is 0 Å². The van der Waals surface area contributed by atoms with Crippen LogP contribution in [0.3, 0.4) is 0 Å². The molecule has 2 aromatic carbocycles. The van der Waals surface area contributed by atoms with Crippen LogP contribution in [0.4, 0.5) is 0 Å². The molecule has 2 aromatic rings. The number of allylic oxidation sites excluding steroid dienone is 1. The van der Waals surface area contributed by atoms with Crippen LogP contribution in [0.25, 0.3) is 16.3 Å². The van der Waals surface area contributed by atoms with Gasteiger partial charge in [0.2, 0.25) is 0 Å². The molecule has 20 heavy (non-hydrogen) atoms. The summed E-state index contributed by atoms with van der Waals surface area (Å²) < 4.78 is 0. The quantitative estimate of drug-likeness (QED) is 0.783. The lowest BCUT2D eigenvalue weighted by molar-refractivity contribution is 0.362. The molecule has 0 bridgehead atoms. The van der Waals surface area contributed by atoms with Gasteiger partial charge in [0.05, 0.1) is 0 Å². The average Bonchev–Trinajstić information content (AvgIpc) is 2.47. The Morgan fingerprint density at radius 2 is 1.85 bits per heavy atom. The number of rotatable bonds is 2. The second-order valence-corrected chi connectivity index (χ2v) is 5.25. The van der Waals surface area contributed by atoms with Crippen LogP contribution in [0.1, 0.15) is 12.0 Å². The molecule has 2 heteroatoms. The van der Waals surface area contributed by atoms with Crippen LogP contribution in [0.15, 0.2) is 60.7 Å². The van der Waals surface area contributed by atoms with Gasteiger partial charge in [0.25, 0.3) is 0 Å². The molecule has 1 heterocycles. The lowest BCUT2D eigenvalue weighted by Gasteiger charge is -2.23. The van der Waals surface area contributed by atoms with E-state index in [2.05, 4.69) is 67.1 Å². The van der Waals surface area contributed by atoms with Gasteiger partial charge < -0.3 is 4.90 Å². The van der Waals surface area contributed by atoms with Gasteiger partial charge in [0.15, 0.2) is 0 Å². The van der Waals surface area contributed by atoms with Gasteiger partial charge >= 0.3 is 0 Å². The summed E-state index contributed by atoms with van der Waals surface area (Å²) in [5.41, 5.74) is 3.85. The van der Waals surface area contributed by atoms with Crippen molar-refractivity contribution in [3.63, 3.8) is 0 Å². The van der Waals surface area contributed by atoms with Gasteiger partial charge in [-0.15, -0.1) is 12.4 Å². The molecule has 0 atom stereocenters. The van der Waals surface area contributed by atoms with E-state index in [-0.39, 0.29) is 12.4 Å². The predicted octanol–water partition coefficient (Wildman–Crippen LogP) is 4.54. The highest BCUT2D eigenvalue weighted by molar-refractivity contribution is 5.96. The fourth-order valence-corrected chi connectivity index (χ4v) is 2.71. The summed E-state index contributed by atoms with van der Waals surface area (Å²) in [4.78, 5) is 2.33. The van der Waals surface area contributed by atoms with Crippen molar-refractivity contribution >= 4 is 28.8 Å². The number of hydrogen-bond donors (Lipinski definition) is 0. The van der Waals surface area contributed by atoms with Crippen LogP contribution < -0.4 is 0 Å². The zero-order valence-electron chi connectivity index (χ0n) is 11.8. The van der Waals surface area contributed by atoms with Crippen molar-refractivity contribution in [2.24, 2.45) is 0 Å². The van der Waals surface area contributed by atoms with Crippen LogP contribution >= 0.6 is 12.4 Å². The molecule has 0 unspecified atom stereocenters. The Balaban J connectivity index is 0.00000147. The second-order valence-electron chi connectivity index (χ2n) is 5.25. The van der Waals surface area contributed by atoms with Crippen molar-refractivity contribution in [3.8, 4) is 0 Å². The Labute approximate surface area is 127 Å². The van der Waals surface area contributed by atoms with Gasteiger partial charge in [-0.25, -0.2) is 0 Å². The average molecular weight is 286 g/mol. The Morgan fingerprint density at radius 3 is 2.60 bits per heavy atom. The molecular formula is C18H20ClN. The first-order valence-electron chi connectivity index (χ1n) is 6.81. The fourth-order valence-electron chi connectivity index (χ4n) is 2.71. The molecule has 0 spiro atoms. The van der Waals surface area contributed by atoms with Gasteiger partial charge in [-0.1, -0.05) is 55.1 Å². The third-order valence-corrected chi connectivity index (χ3v) is 3.91. The lowest BCUT2D eigenvalue weighted by atomic mass is 9.91. The molecule has 0 amide bonds. The van der Waals surface area contributed by atoms with Gasteiger partial charge in [0.1, 0.15) is 0 Å². The smallest absolute Gasteiger partial charge is 0.0166 e. The summed E-state index contributed by atoms with van der Waals surface area (Å²) in [6.45, 7) is 6.48. The first kappa shape index (κ1) is 14.8. The predicted molar refractivity (Wildman–Crippen MR) is 90.4 cm³/mol. The van der Waals surface area contributed by atoms with E-state index in [0.717, 1.165) is 19.5 Å². The maximum Gasteiger partial charge on any atom is 0.0166 e. The molecule has 1 nitrogen and oxygen atoms in total. The van der Waals surface area contributed by atoms with E-state index >= 15 is 0 Å². The van der Waals surface area contributed by atoms with Crippen LogP contribution in [0.5, 0.6) is 0 Å². The SMILES string of the molecule is C=C(C1=CCN(C)CC1)c1cccc2ccccc12.Cl. The highest BCUT2D eigenvalue weighted by Gasteiger charge is 2.13. The lowest BCUT2D eigenvalue weighted by Crippen LogP contribution is -2.24. The summed E-state index contributed by atoms with van der Waals surface area (Å²) in [5, 5.41) is 2.59. The van der Waals surface area contributed by atoms with Gasteiger partial charge in [-0.05, 0) is 41.0 Å². The molecule has 0 fully saturated rings. The Morgan fingerprint density at radius 1 is 1.10 bits per heavy atom. The van der Waals surface area contributed by atoms with Crippen LogP contribution in [0, 0.1) is 0 Å². The monoisotopic (exact) mass is 285 g/mol. The minimum atomic E-state index is 0. The highest BCUT2D eigenvalue weighted by atomic mass is 35.5.